The largest absolute Gasteiger partial charge is 0.460 e. The number of rotatable bonds is 5. The molecule has 1 aromatic rings. The van der Waals surface area contributed by atoms with E-state index in [4.69, 9.17) is 9.47 Å². The van der Waals surface area contributed by atoms with Crippen LogP contribution in [0.15, 0.2) is 18.2 Å². The summed E-state index contributed by atoms with van der Waals surface area (Å²) in [4.78, 5) is 11.5. The average Bonchev–Trinajstić information content (AvgIpc) is 2.27. The third kappa shape index (κ3) is 4.53. The van der Waals surface area contributed by atoms with E-state index < -0.39 is 11.8 Å². The molecule has 0 saturated heterocycles. The van der Waals surface area contributed by atoms with Gasteiger partial charge in [0.05, 0.1) is 18.3 Å². The van der Waals surface area contributed by atoms with Gasteiger partial charge in [-0.25, -0.2) is 9.18 Å². The van der Waals surface area contributed by atoms with Gasteiger partial charge in [0.15, 0.2) is 0 Å². The van der Waals surface area contributed by atoms with Crippen LogP contribution in [-0.2, 0) is 9.47 Å². The van der Waals surface area contributed by atoms with Gasteiger partial charge in [-0.2, -0.15) is 0 Å². The molecule has 0 bridgehead atoms. The molecule has 0 aliphatic heterocycles. The van der Waals surface area contributed by atoms with Gasteiger partial charge in [-0.05, 0) is 32.9 Å². The van der Waals surface area contributed by atoms with Crippen molar-refractivity contribution in [2.75, 3.05) is 13.2 Å². The monoisotopic (exact) mass is 240 g/mol. The molecule has 17 heavy (non-hydrogen) atoms. The highest BCUT2D eigenvalue weighted by Gasteiger charge is 2.13. The molecule has 3 nitrogen and oxygen atoms in total. The van der Waals surface area contributed by atoms with E-state index >= 15 is 0 Å². The number of carbonyl (C=O) groups excluding carboxylic acids is 1. The highest BCUT2D eigenvalue weighted by atomic mass is 19.1. The lowest BCUT2D eigenvalue weighted by Gasteiger charge is -2.09. The van der Waals surface area contributed by atoms with Crippen LogP contribution in [0.4, 0.5) is 4.39 Å². The summed E-state index contributed by atoms with van der Waals surface area (Å²) >= 11 is 0. The molecule has 0 radical (unpaired) electrons. The predicted molar refractivity (Wildman–Crippen MR) is 62.5 cm³/mol. The van der Waals surface area contributed by atoms with Crippen molar-refractivity contribution in [1.82, 2.24) is 0 Å². The fourth-order valence-corrected chi connectivity index (χ4v) is 1.29. The van der Waals surface area contributed by atoms with E-state index in [0.717, 1.165) is 5.56 Å². The first-order valence-corrected chi connectivity index (χ1v) is 5.55. The SMILES string of the molecule is Cc1ccc(F)c(C(=O)OCCOC(C)C)c1. The highest BCUT2D eigenvalue weighted by Crippen LogP contribution is 2.11. The molecule has 0 amide bonds. The third-order valence-corrected chi connectivity index (χ3v) is 2.11. The molecule has 0 aromatic heterocycles. The third-order valence-electron chi connectivity index (χ3n) is 2.11. The number of carbonyl (C=O) groups is 1. The maximum absolute atomic E-state index is 13.3. The molecule has 0 atom stereocenters. The maximum atomic E-state index is 13.3. The van der Waals surface area contributed by atoms with Crippen LogP contribution >= 0.6 is 0 Å². The first kappa shape index (κ1) is 13.6. The van der Waals surface area contributed by atoms with Gasteiger partial charge in [0.1, 0.15) is 12.4 Å². The average molecular weight is 240 g/mol. The predicted octanol–water partition coefficient (Wildman–Crippen LogP) is 2.72. The van der Waals surface area contributed by atoms with E-state index in [0.29, 0.717) is 6.61 Å². The smallest absolute Gasteiger partial charge is 0.341 e. The van der Waals surface area contributed by atoms with Gasteiger partial charge in [0.2, 0.25) is 0 Å². The lowest BCUT2D eigenvalue weighted by atomic mass is 10.1. The summed E-state index contributed by atoms with van der Waals surface area (Å²) in [6.45, 7) is 6.02. The van der Waals surface area contributed by atoms with Crippen LogP contribution in [-0.4, -0.2) is 25.3 Å². The van der Waals surface area contributed by atoms with Gasteiger partial charge in [0, 0.05) is 0 Å². The lowest BCUT2D eigenvalue weighted by molar-refractivity contribution is 0.0173. The van der Waals surface area contributed by atoms with E-state index in [1.54, 1.807) is 13.0 Å². The van der Waals surface area contributed by atoms with Crippen LogP contribution < -0.4 is 0 Å². The van der Waals surface area contributed by atoms with Crippen molar-refractivity contribution < 1.29 is 18.7 Å². The zero-order valence-corrected chi connectivity index (χ0v) is 10.3. The fraction of sp³-hybridized carbons (Fsp3) is 0.462. The molecule has 0 saturated carbocycles. The number of hydrogen-bond acceptors (Lipinski definition) is 3. The molecule has 0 heterocycles. The zero-order valence-electron chi connectivity index (χ0n) is 10.3. The van der Waals surface area contributed by atoms with E-state index in [-0.39, 0.29) is 18.3 Å². The molecule has 4 heteroatoms. The molecule has 94 valence electrons. The Hall–Kier alpha value is -1.42. The van der Waals surface area contributed by atoms with Crippen LogP contribution in [0.5, 0.6) is 0 Å². The second-order valence-corrected chi connectivity index (χ2v) is 4.04. The van der Waals surface area contributed by atoms with Gasteiger partial charge in [-0.15, -0.1) is 0 Å². The van der Waals surface area contributed by atoms with Gasteiger partial charge in [0.25, 0.3) is 0 Å². The first-order valence-electron chi connectivity index (χ1n) is 5.55. The Kier molecular flexibility index (Phi) is 5.10. The molecular formula is C13H17FO3. The lowest BCUT2D eigenvalue weighted by Crippen LogP contribution is -2.14. The van der Waals surface area contributed by atoms with Crippen molar-refractivity contribution in [3.05, 3.63) is 35.1 Å². The quantitative estimate of drug-likeness (QED) is 0.586. The topological polar surface area (TPSA) is 35.5 Å². The molecule has 0 N–H and O–H groups in total. The fourth-order valence-electron chi connectivity index (χ4n) is 1.29. The van der Waals surface area contributed by atoms with E-state index in [9.17, 15) is 9.18 Å². The van der Waals surface area contributed by atoms with Gasteiger partial charge >= 0.3 is 5.97 Å². The minimum atomic E-state index is -0.654. The molecule has 0 aliphatic rings. The van der Waals surface area contributed by atoms with Gasteiger partial charge < -0.3 is 9.47 Å². The Morgan fingerprint density at radius 1 is 1.35 bits per heavy atom. The Labute approximate surface area is 101 Å². The van der Waals surface area contributed by atoms with E-state index in [1.807, 2.05) is 13.8 Å². The second kappa shape index (κ2) is 6.35. The number of esters is 1. The molecule has 0 spiro atoms. The van der Waals surface area contributed by atoms with E-state index in [1.165, 1.54) is 12.1 Å². The summed E-state index contributed by atoms with van der Waals surface area (Å²) in [6.07, 6.45) is 0.0874. The summed E-state index contributed by atoms with van der Waals surface area (Å²) in [5, 5.41) is 0. The minimum Gasteiger partial charge on any atom is -0.460 e. The molecule has 1 rings (SSSR count). The number of benzene rings is 1. The van der Waals surface area contributed by atoms with Gasteiger partial charge in [-0.3, -0.25) is 0 Å². The highest BCUT2D eigenvalue weighted by molar-refractivity contribution is 5.89. The summed E-state index contributed by atoms with van der Waals surface area (Å²) in [6, 6.07) is 4.34. The first-order chi connectivity index (χ1) is 8.00. The number of aryl methyl sites for hydroxylation is 1. The van der Waals surface area contributed by atoms with Crippen molar-refractivity contribution in [2.24, 2.45) is 0 Å². The minimum absolute atomic E-state index is 0.0328. The number of hydrogen-bond donors (Lipinski definition) is 0. The van der Waals surface area contributed by atoms with Crippen molar-refractivity contribution in [2.45, 2.75) is 26.9 Å². The number of halogens is 1. The Morgan fingerprint density at radius 3 is 2.71 bits per heavy atom. The molecule has 0 fully saturated rings. The summed E-state index contributed by atoms with van der Waals surface area (Å²) < 4.78 is 23.4. The van der Waals surface area contributed by atoms with E-state index in [2.05, 4.69) is 0 Å². The van der Waals surface area contributed by atoms with Gasteiger partial charge in [-0.1, -0.05) is 11.6 Å². The molecular weight excluding hydrogens is 223 g/mol. The normalized spacial score (nSPS) is 10.6. The standard InChI is InChI=1S/C13H17FO3/c1-9(2)16-6-7-17-13(15)11-8-10(3)4-5-12(11)14/h4-5,8-9H,6-7H2,1-3H3. The van der Waals surface area contributed by atoms with Crippen molar-refractivity contribution in [3.8, 4) is 0 Å². The van der Waals surface area contributed by atoms with Crippen molar-refractivity contribution in [3.63, 3.8) is 0 Å². The van der Waals surface area contributed by atoms with Crippen LogP contribution in [0, 0.1) is 12.7 Å². The van der Waals surface area contributed by atoms with Crippen LogP contribution in [0.1, 0.15) is 29.8 Å². The molecule has 0 aliphatic carbocycles. The Morgan fingerprint density at radius 2 is 2.06 bits per heavy atom. The Bertz CT molecular complexity index is 388. The number of ether oxygens (including phenoxy) is 2. The maximum Gasteiger partial charge on any atom is 0.341 e. The van der Waals surface area contributed by atoms with Crippen molar-refractivity contribution in [1.29, 1.82) is 0 Å². The second-order valence-electron chi connectivity index (χ2n) is 4.04. The summed E-state index contributed by atoms with van der Waals surface area (Å²) in [7, 11) is 0. The zero-order chi connectivity index (χ0) is 12.8. The molecule has 1 aromatic carbocycles. The molecule has 0 unspecified atom stereocenters. The Balaban J connectivity index is 2.49. The van der Waals surface area contributed by atoms with Crippen LogP contribution in [0.25, 0.3) is 0 Å². The van der Waals surface area contributed by atoms with Crippen LogP contribution in [0.2, 0.25) is 0 Å². The van der Waals surface area contributed by atoms with Crippen LogP contribution in [0.3, 0.4) is 0 Å². The van der Waals surface area contributed by atoms with Crippen molar-refractivity contribution >= 4 is 5.97 Å². The summed E-state index contributed by atoms with van der Waals surface area (Å²) in [5.74, 6) is -1.22. The summed E-state index contributed by atoms with van der Waals surface area (Å²) in [5.41, 5.74) is 0.784.